The van der Waals surface area contributed by atoms with Gasteiger partial charge in [-0.2, -0.15) is 0 Å². The van der Waals surface area contributed by atoms with Gasteiger partial charge >= 0.3 is 0 Å². The summed E-state index contributed by atoms with van der Waals surface area (Å²) in [6, 6.07) is 12.0. The van der Waals surface area contributed by atoms with Gasteiger partial charge in [0.15, 0.2) is 0 Å². The van der Waals surface area contributed by atoms with E-state index < -0.39 is 10.0 Å². The van der Waals surface area contributed by atoms with Gasteiger partial charge < -0.3 is 5.32 Å². The molecule has 0 radical (unpaired) electrons. The van der Waals surface area contributed by atoms with Crippen molar-refractivity contribution in [2.45, 2.75) is 25.3 Å². The molecule has 25 heavy (non-hydrogen) atoms. The molecule has 0 atom stereocenters. The maximum absolute atomic E-state index is 12.1. The summed E-state index contributed by atoms with van der Waals surface area (Å²) in [6.07, 6.45) is 0. The molecule has 2 aromatic rings. The number of nitrogens with zero attached hydrogens (tertiary/aromatic N) is 1. The molecule has 0 saturated heterocycles. The molecule has 134 valence electrons. The smallest absolute Gasteiger partial charge is 0.238 e. The Morgan fingerprint density at radius 2 is 1.76 bits per heavy atom. The minimum atomic E-state index is -3.73. The van der Waals surface area contributed by atoms with Crippen molar-refractivity contribution in [3.05, 3.63) is 59.2 Å². The van der Waals surface area contributed by atoms with Crippen LogP contribution in [0, 0.1) is 13.8 Å². The summed E-state index contributed by atoms with van der Waals surface area (Å²) in [5.41, 5.74) is 4.12. The lowest BCUT2D eigenvalue weighted by molar-refractivity contribution is -0.117. The minimum absolute atomic E-state index is 0.0115. The Morgan fingerprint density at radius 3 is 2.32 bits per heavy atom. The molecule has 0 aliphatic rings. The van der Waals surface area contributed by atoms with Crippen LogP contribution in [0.2, 0.25) is 0 Å². The zero-order valence-corrected chi connectivity index (χ0v) is 15.4. The predicted molar refractivity (Wildman–Crippen MR) is 98.7 cm³/mol. The Bertz CT molecular complexity index is 862. The van der Waals surface area contributed by atoms with E-state index >= 15 is 0 Å². The van der Waals surface area contributed by atoms with Crippen LogP contribution in [0.1, 0.15) is 16.7 Å². The number of sulfonamides is 1. The van der Waals surface area contributed by atoms with Crippen LogP contribution in [-0.4, -0.2) is 32.8 Å². The second-order valence-corrected chi connectivity index (χ2v) is 7.78. The SMILES string of the molecule is Cc1ccc(CN(C)CC(=O)Nc2ccc(S(N)(=O)=O)cc2)c(C)c1. The Morgan fingerprint density at radius 1 is 1.12 bits per heavy atom. The van der Waals surface area contributed by atoms with Crippen molar-refractivity contribution in [3.63, 3.8) is 0 Å². The van der Waals surface area contributed by atoms with Gasteiger partial charge in [0.1, 0.15) is 0 Å². The first-order chi connectivity index (χ1) is 11.6. The lowest BCUT2D eigenvalue weighted by Crippen LogP contribution is -2.30. The van der Waals surface area contributed by atoms with Crippen molar-refractivity contribution < 1.29 is 13.2 Å². The second-order valence-electron chi connectivity index (χ2n) is 6.22. The van der Waals surface area contributed by atoms with Gasteiger partial charge in [-0.15, -0.1) is 0 Å². The van der Waals surface area contributed by atoms with Gasteiger partial charge in [0.2, 0.25) is 15.9 Å². The molecule has 0 unspecified atom stereocenters. The Kier molecular flexibility index (Phi) is 5.94. The van der Waals surface area contributed by atoms with Crippen LogP contribution in [0.4, 0.5) is 5.69 Å². The van der Waals surface area contributed by atoms with Gasteiger partial charge in [0.25, 0.3) is 0 Å². The van der Waals surface area contributed by atoms with E-state index in [1.54, 1.807) is 0 Å². The predicted octanol–water partition coefficient (Wildman–Crippen LogP) is 2.02. The van der Waals surface area contributed by atoms with E-state index in [4.69, 9.17) is 5.14 Å². The van der Waals surface area contributed by atoms with Crippen LogP contribution < -0.4 is 10.5 Å². The topological polar surface area (TPSA) is 92.5 Å². The summed E-state index contributed by atoms with van der Waals surface area (Å²) >= 11 is 0. The molecule has 0 aliphatic carbocycles. The van der Waals surface area contributed by atoms with Crippen molar-refractivity contribution >= 4 is 21.6 Å². The molecule has 0 heterocycles. The summed E-state index contributed by atoms with van der Waals surface area (Å²) in [5, 5.41) is 7.79. The van der Waals surface area contributed by atoms with E-state index in [-0.39, 0.29) is 17.3 Å². The maximum atomic E-state index is 12.1. The number of rotatable bonds is 6. The molecule has 0 spiro atoms. The second kappa shape index (κ2) is 7.77. The Labute approximate surface area is 148 Å². The van der Waals surface area contributed by atoms with Crippen LogP contribution in [-0.2, 0) is 21.4 Å². The molecular formula is C18H23N3O3S. The first-order valence-corrected chi connectivity index (χ1v) is 9.37. The van der Waals surface area contributed by atoms with Crippen LogP contribution >= 0.6 is 0 Å². The maximum Gasteiger partial charge on any atom is 0.238 e. The van der Waals surface area contributed by atoms with E-state index in [2.05, 4.69) is 37.4 Å². The van der Waals surface area contributed by atoms with Crippen LogP contribution in [0.3, 0.4) is 0 Å². The zero-order chi connectivity index (χ0) is 18.6. The van der Waals surface area contributed by atoms with Crippen LogP contribution in [0.5, 0.6) is 0 Å². The Balaban J connectivity index is 1.93. The molecule has 0 saturated carbocycles. The van der Waals surface area contributed by atoms with Gasteiger partial charge in [0.05, 0.1) is 11.4 Å². The van der Waals surface area contributed by atoms with Crippen molar-refractivity contribution in [1.29, 1.82) is 0 Å². The van der Waals surface area contributed by atoms with E-state index in [0.717, 1.165) is 0 Å². The molecule has 3 N–H and O–H groups in total. The van der Waals surface area contributed by atoms with E-state index in [1.165, 1.54) is 41.0 Å². The summed E-state index contributed by atoms with van der Waals surface area (Å²) in [6.45, 7) is 5.01. The lowest BCUT2D eigenvalue weighted by atomic mass is 10.1. The number of nitrogens with one attached hydrogen (secondary N) is 1. The number of anilines is 1. The number of hydrogen-bond donors (Lipinski definition) is 2. The molecule has 7 heteroatoms. The number of hydrogen-bond acceptors (Lipinski definition) is 4. The number of aryl methyl sites for hydroxylation is 2. The quantitative estimate of drug-likeness (QED) is 0.823. The highest BCUT2D eigenvalue weighted by molar-refractivity contribution is 7.89. The van der Waals surface area contributed by atoms with Gasteiger partial charge in [0, 0.05) is 12.2 Å². The first kappa shape index (κ1) is 19.1. The van der Waals surface area contributed by atoms with Crippen LogP contribution in [0.25, 0.3) is 0 Å². The normalized spacial score (nSPS) is 11.6. The average molecular weight is 361 g/mol. The molecule has 2 aromatic carbocycles. The lowest BCUT2D eigenvalue weighted by Gasteiger charge is -2.18. The molecular weight excluding hydrogens is 338 g/mol. The van der Waals surface area contributed by atoms with E-state index in [9.17, 15) is 13.2 Å². The largest absolute Gasteiger partial charge is 0.325 e. The van der Waals surface area contributed by atoms with Crippen molar-refractivity contribution in [2.75, 3.05) is 18.9 Å². The molecule has 1 amide bonds. The molecule has 0 fully saturated rings. The standard InChI is InChI=1S/C18H23N3O3S/c1-13-4-5-15(14(2)10-13)11-21(3)12-18(22)20-16-6-8-17(9-7-16)25(19,23)24/h4-10H,11-12H2,1-3H3,(H,20,22)(H2,19,23,24). The fourth-order valence-corrected chi connectivity index (χ4v) is 3.06. The minimum Gasteiger partial charge on any atom is -0.325 e. The van der Waals surface area contributed by atoms with E-state index in [1.807, 2.05) is 11.9 Å². The number of likely N-dealkylation sites (N-methyl/N-ethyl adjacent to an activating group) is 1. The highest BCUT2D eigenvalue weighted by Crippen LogP contribution is 2.14. The molecule has 0 bridgehead atoms. The summed E-state index contributed by atoms with van der Waals surface area (Å²) in [4.78, 5) is 14.1. The number of carbonyl (C=O) groups is 1. The van der Waals surface area contributed by atoms with Crippen molar-refractivity contribution in [2.24, 2.45) is 5.14 Å². The highest BCUT2D eigenvalue weighted by atomic mass is 32.2. The summed E-state index contributed by atoms with van der Waals surface area (Å²) < 4.78 is 22.4. The van der Waals surface area contributed by atoms with Crippen LogP contribution in [0.15, 0.2) is 47.4 Å². The molecule has 2 rings (SSSR count). The summed E-state index contributed by atoms with van der Waals surface area (Å²) in [7, 11) is -1.85. The van der Waals surface area contributed by atoms with Gasteiger partial charge in [-0.25, -0.2) is 13.6 Å². The van der Waals surface area contributed by atoms with E-state index in [0.29, 0.717) is 12.2 Å². The first-order valence-electron chi connectivity index (χ1n) is 7.82. The number of carbonyl (C=O) groups excluding carboxylic acids is 1. The Hall–Kier alpha value is -2.22. The fraction of sp³-hybridized carbons (Fsp3) is 0.278. The number of nitrogens with two attached hydrogens (primary N) is 1. The van der Waals surface area contributed by atoms with Crippen molar-refractivity contribution in [3.8, 4) is 0 Å². The number of amides is 1. The number of benzene rings is 2. The third-order valence-electron chi connectivity index (χ3n) is 3.82. The number of primary sulfonamides is 1. The fourth-order valence-electron chi connectivity index (χ4n) is 2.54. The third kappa shape index (κ3) is 5.67. The van der Waals surface area contributed by atoms with Gasteiger partial charge in [-0.3, -0.25) is 9.69 Å². The third-order valence-corrected chi connectivity index (χ3v) is 4.75. The highest BCUT2D eigenvalue weighted by Gasteiger charge is 2.11. The zero-order valence-electron chi connectivity index (χ0n) is 14.6. The average Bonchev–Trinajstić information content (AvgIpc) is 2.49. The van der Waals surface area contributed by atoms with Gasteiger partial charge in [-0.05, 0) is 56.3 Å². The summed E-state index contributed by atoms with van der Waals surface area (Å²) in [5.74, 6) is -0.171. The van der Waals surface area contributed by atoms with Crippen molar-refractivity contribution in [1.82, 2.24) is 4.90 Å². The molecule has 0 aliphatic heterocycles. The molecule has 6 nitrogen and oxygen atoms in total. The van der Waals surface area contributed by atoms with Gasteiger partial charge in [-0.1, -0.05) is 23.8 Å². The monoisotopic (exact) mass is 361 g/mol. The molecule has 0 aromatic heterocycles.